The van der Waals surface area contributed by atoms with Crippen molar-refractivity contribution in [2.75, 3.05) is 13.1 Å². The number of halogens is 2. The van der Waals surface area contributed by atoms with Gasteiger partial charge in [-0.15, -0.1) is 0 Å². The number of nitrogens with one attached hydrogen (secondary N) is 1. The topological polar surface area (TPSA) is 66.5 Å². The molecular weight excluding hydrogens is 386 g/mol. The fourth-order valence-corrected chi connectivity index (χ4v) is 3.39. The molecule has 28 heavy (non-hydrogen) atoms. The molecule has 0 atom stereocenters. The number of rotatable bonds is 5. The molecule has 1 N–H and O–H groups in total. The van der Waals surface area contributed by atoms with Gasteiger partial charge in [0.25, 0.3) is 17.1 Å². The van der Waals surface area contributed by atoms with Gasteiger partial charge in [0, 0.05) is 18.7 Å². The first-order valence-corrected chi connectivity index (χ1v) is 9.22. The molecule has 1 aliphatic heterocycles. The molecule has 2 aromatic rings. The Kier molecular flexibility index (Phi) is 5.89. The van der Waals surface area contributed by atoms with Gasteiger partial charge in [0.1, 0.15) is 0 Å². The Balaban J connectivity index is 1.59. The first-order chi connectivity index (χ1) is 13.3. The summed E-state index contributed by atoms with van der Waals surface area (Å²) >= 11 is 0.834. The standard InChI is InChI=1S/C20H16F2N2O3S/c1-12-2-4-13(5-3-12)10-17-19(26)24(20(27)28-17)9-8-23-18(25)14-6-7-15(21)16(22)11-14/h2-7,10-11H,8-9H2,1H3,(H,23,25)/b17-10-. The van der Waals surface area contributed by atoms with E-state index in [0.717, 1.165) is 46.0 Å². The number of imide groups is 1. The number of aryl methyl sites for hydroxylation is 1. The van der Waals surface area contributed by atoms with Gasteiger partial charge in [-0.25, -0.2) is 8.78 Å². The van der Waals surface area contributed by atoms with Crippen LogP contribution in [-0.4, -0.2) is 35.0 Å². The minimum absolute atomic E-state index is 0.00627. The predicted octanol–water partition coefficient (Wildman–Crippen LogP) is 3.74. The molecule has 0 aliphatic carbocycles. The lowest BCUT2D eigenvalue weighted by atomic mass is 10.1. The average Bonchev–Trinajstić information content (AvgIpc) is 2.93. The number of hydrogen-bond acceptors (Lipinski definition) is 4. The summed E-state index contributed by atoms with van der Waals surface area (Å²) in [7, 11) is 0. The number of carbonyl (C=O) groups excluding carboxylic acids is 3. The van der Waals surface area contributed by atoms with Crippen molar-refractivity contribution in [3.8, 4) is 0 Å². The second kappa shape index (κ2) is 8.35. The molecule has 2 aromatic carbocycles. The van der Waals surface area contributed by atoms with Gasteiger partial charge in [-0.2, -0.15) is 0 Å². The Morgan fingerprint density at radius 2 is 1.82 bits per heavy atom. The van der Waals surface area contributed by atoms with Gasteiger partial charge in [-0.1, -0.05) is 29.8 Å². The van der Waals surface area contributed by atoms with E-state index in [0.29, 0.717) is 4.91 Å². The Bertz CT molecular complexity index is 974. The van der Waals surface area contributed by atoms with Crippen LogP contribution in [0.2, 0.25) is 0 Å². The molecule has 3 rings (SSSR count). The van der Waals surface area contributed by atoms with Gasteiger partial charge in [-0.05, 0) is 48.5 Å². The molecule has 0 saturated carbocycles. The van der Waals surface area contributed by atoms with Crippen molar-refractivity contribution in [3.05, 3.63) is 75.7 Å². The van der Waals surface area contributed by atoms with Crippen molar-refractivity contribution in [2.45, 2.75) is 6.92 Å². The summed E-state index contributed by atoms with van der Waals surface area (Å²) in [4.78, 5) is 37.8. The molecule has 0 bridgehead atoms. The Morgan fingerprint density at radius 1 is 1.11 bits per heavy atom. The quantitative estimate of drug-likeness (QED) is 0.774. The van der Waals surface area contributed by atoms with Crippen molar-refractivity contribution in [2.24, 2.45) is 0 Å². The highest BCUT2D eigenvalue weighted by Crippen LogP contribution is 2.31. The van der Waals surface area contributed by atoms with Crippen LogP contribution in [0.1, 0.15) is 21.5 Å². The number of nitrogens with zero attached hydrogens (tertiary/aromatic N) is 1. The second-order valence-electron chi connectivity index (χ2n) is 6.13. The van der Waals surface area contributed by atoms with E-state index >= 15 is 0 Å². The average molecular weight is 402 g/mol. The molecule has 0 spiro atoms. The van der Waals surface area contributed by atoms with Crippen LogP contribution in [0, 0.1) is 18.6 Å². The first-order valence-electron chi connectivity index (χ1n) is 8.40. The summed E-state index contributed by atoms with van der Waals surface area (Å²) in [5.74, 6) is -3.23. The van der Waals surface area contributed by atoms with E-state index in [1.807, 2.05) is 31.2 Å². The summed E-state index contributed by atoms with van der Waals surface area (Å²) in [6.07, 6.45) is 1.64. The third-order valence-corrected chi connectivity index (χ3v) is 4.96. The smallest absolute Gasteiger partial charge is 0.293 e. The van der Waals surface area contributed by atoms with E-state index in [2.05, 4.69) is 5.32 Å². The maximum absolute atomic E-state index is 13.2. The van der Waals surface area contributed by atoms with Crippen LogP contribution in [0.5, 0.6) is 0 Å². The molecular formula is C20H16F2N2O3S. The van der Waals surface area contributed by atoms with Crippen LogP contribution in [0.25, 0.3) is 6.08 Å². The number of hydrogen-bond donors (Lipinski definition) is 1. The molecule has 8 heteroatoms. The summed E-state index contributed by atoms with van der Waals surface area (Å²) < 4.78 is 26.1. The Hall–Kier alpha value is -3.00. The van der Waals surface area contributed by atoms with Gasteiger partial charge in [0.2, 0.25) is 0 Å². The highest BCUT2D eigenvalue weighted by Gasteiger charge is 2.34. The zero-order valence-electron chi connectivity index (χ0n) is 14.9. The molecule has 144 valence electrons. The fraction of sp³-hybridized carbons (Fsp3) is 0.150. The number of benzene rings is 2. The molecule has 1 fully saturated rings. The minimum Gasteiger partial charge on any atom is -0.350 e. The molecule has 0 unspecified atom stereocenters. The van der Waals surface area contributed by atoms with Crippen LogP contribution in [0.15, 0.2) is 47.4 Å². The lowest BCUT2D eigenvalue weighted by Gasteiger charge is -2.13. The molecule has 0 radical (unpaired) electrons. The Morgan fingerprint density at radius 3 is 2.50 bits per heavy atom. The van der Waals surface area contributed by atoms with Gasteiger partial charge in [-0.3, -0.25) is 19.3 Å². The van der Waals surface area contributed by atoms with Crippen molar-refractivity contribution in [1.82, 2.24) is 10.2 Å². The van der Waals surface area contributed by atoms with Crippen molar-refractivity contribution < 1.29 is 23.2 Å². The lowest BCUT2D eigenvalue weighted by molar-refractivity contribution is -0.122. The first kappa shape index (κ1) is 19.8. The lowest BCUT2D eigenvalue weighted by Crippen LogP contribution is -2.37. The van der Waals surface area contributed by atoms with Gasteiger partial charge in [0.05, 0.1) is 4.91 Å². The number of amides is 3. The zero-order chi connectivity index (χ0) is 20.3. The van der Waals surface area contributed by atoms with E-state index in [1.54, 1.807) is 6.08 Å². The zero-order valence-corrected chi connectivity index (χ0v) is 15.7. The van der Waals surface area contributed by atoms with Crippen LogP contribution < -0.4 is 5.32 Å². The molecule has 1 saturated heterocycles. The maximum atomic E-state index is 13.2. The van der Waals surface area contributed by atoms with Crippen LogP contribution in [-0.2, 0) is 4.79 Å². The highest BCUT2D eigenvalue weighted by molar-refractivity contribution is 8.18. The van der Waals surface area contributed by atoms with Gasteiger partial charge < -0.3 is 5.32 Å². The Labute approximate surface area is 164 Å². The molecule has 5 nitrogen and oxygen atoms in total. The maximum Gasteiger partial charge on any atom is 0.293 e. The molecule has 0 aromatic heterocycles. The highest BCUT2D eigenvalue weighted by atomic mass is 32.2. The monoisotopic (exact) mass is 402 g/mol. The summed E-state index contributed by atoms with van der Waals surface area (Å²) in [6, 6.07) is 10.3. The minimum atomic E-state index is -1.13. The van der Waals surface area contributed by atoms with Crippen LogP contribution in [0.3, 0.4) is 0 Å². The van der Waals surface area contributed by atoms with E-state index in [1.165, 1.54) is 0 Å². The molecule has 1 heterocycles. The molecule has 1 aliphatic rings. The van der Waals surface area contributed by atoms with Crippen molar-refractivity contribution in [3.63, 3.8) is 0 Å². The normalized spacial score (nSPS) is 15.4. The summed E-state index contributed by atoms with van der Waals surface area (Å²) in [5.41, 5.74) is 1.84. The number of thioether (sulfide) groups is 1. The van der Waals surface area contributed by atoms with E-state index in [4.69, 9.17) is 0 Å². The SMILES string of the molecule is Cc1ccc(/C=C2\SC(=O)N(CCNC(=O)c3ccc(F)c(F)c3)C2=O)cc1. The molecule has 3 amide bonds. The van der Waals surface area contributed by atoms with Crippen molar-refractivity contribution >= 4 is 34.9 Å². The number of carbonyl (C=O) groups is 3. The van der Waals surface area contributed by atoms with Gasteiger partial charge >= 0.3 is 0 Å². The van der Waals surface area contributed by atoms with Gasteiger partial charge in [0.15, 0.2) is 11.6 Å². The summed E-state index contributed by atoms with van der Waals surface area (Å²) in [5, 5.41) is 2.06. The largest absolute Gasteiger partial charge is 0.350 e. The summed E-state index contributed by atoms with van der Waals surface area (Å²) in [6.45, 7) is 1.92. The third kappa shape index (κ3) is 4.45. The van der Waals surface area contributed by atoms with Crippen molar-refractivity contribution in [1.29, 1.82) is 0 Å². The third-order valence-electron chi connectivity index (χ3n) is 4.05. The fourth-order valence-electron chi connectivity index (χ4n) is 2.53. The van der Waals surface area contributed by atoms with E-state index in [9.17, 15) is 23.2 Å². The van der Waals surface area contributed by atoms with Crippen LogP contribution in [0.4, 0.5) is 13.6 Å². The second-order valence-corrected chi connectivity index (χ2v) is 7.12. The van der Waals surface area contributed by atoms with E-state index in [-0.39, 0.29) is 18.7 Å². The predicted molar refractivity (Wildman–Crippen MR) is 103 cm³/mol. The van der Waals surface area contributed by atoms with Crippen LogP contribution >= 0.6 is 11.8 Å². The van der Waals surface area contributed by atoms with E-state index < -0.39 is 28.7 Å².